The fourth-order valence-corrected chi connectivity index (χ4v) is 3.09. The molecule has 0 aliphatic carbocycles. The maximum Gasteiger partial charge on any atom is 0.260 e. The third kappa shape index (κ3) is 5.93. The van der Waals surface area contributed by atoms with E-state index in [-0.39, 0.29) is 24.3 Å². The molecule has 1 N–H and O–H groups in total. The Hall–Kier alpha value is -2.24. The summed E-state index contributed by atoms with van der Waals surface area (Å²) in [6.07, 6.45) is 4.73. The van der Waals surface area contributed by atoms with E-state index in [0.29, 0.717) is 37.4 Å². The van der Waals surface area contributed by atoms with Gasteiger partial charge < -0.3 is 19.7 Å². The first-order chi connectivity index (χ1) is 12.7. The fraction of sp³-hybridized carbons (Fsp3) is 0.600. The minimum atomic E-state index is -0.0577. The average Bonchev–Trinajstić information content (AvgIpc) is 2.69. The monoisotopic (exact) mass is 362 g/mol. The van der Waals surface area contributed by atoms with Gasteiger partial charge in [0.15, 0.2) is 18.1 Å². The molecule has 1 aliphatic heterocycles. The molecule has 0 unspecified atom stereocenters. The molecule has 0 atom stereocenters. The average molecular weight is 362 g/mol. The van der Waals surface area contributed by atoms with Crippen LogP contribution in [-0.2, 0) is 9.59 Å². The van der Waals surface area contributed by atoms with Crippen molar-refractivity contribution in [2.75, 3.05) is 33.4 Å². The predicted molar refractivity (Wildman–Crippen MR) is 100 cm³/mol. The van der Waals surface area contributed by atoms with Gasteiger partial charge in [0.1, 0.15) is 0 Å². The number of unbranched alkanes of at least 4 members (excludes halogenated alkanes) is 2. The number of nitrogens with one attached hydrogen (secondary N) is 1. The molecule has 1 aliphatic rings. The van der Waals surface area contributed by atoms with Gasteiger partial charge in [0, 0.05) is 25.6 Å². The second kappa shape index (κ2) is 10.7. The van der Waals surface area contributed by atoms with Crippen molar-refractivity contribution in [2.24, 2.45) is 5.92 Å². The summed E-state index contributed by atoms with van der Waals surface area (Å²) in [4.78, 5) is 26.3. The van der Waals surface area contributed by atoms with E-state index in [1.165, 1.54) is 0 Å². The van der Waals surface area contributed by atoms with Gasteiger partial charge in [-0.3, -0.25) is 9.59 Å². The van der Waals surface area contributed by atoms with Gasteiger partial charge in [-0.1, -0.05) is 31.9 Å². The van der Waals surface area contributed by atoms with Gasteiger partial charge in [0.05, 0.1) is 7.11 Å². The Bertz CT molecular complexity index is 583. The van der Waals surface area contributed by atoms with E-state index in [9.17, 15) is 9.59 Å². The molecule has 2 rings (SSSR count). The van der Waals surface area contributed by atoms with Gasteiger partial charge in [0.2, 0.25) is 5.91 Å². The lowest BCUT2D eigenvalue weighted by Gasteiger charge is -2.31. The van der Waals surface area contributed by atoms with E-state index in [4.69, 9.17) is 9.47 Å². The largest absolute Gasteiger partial charge is 0.493 e. The Morgan fingerprint density at radius 1 is 1.15 bits per heavy atom. The smallest absolute Gasteiger partial charge is 0.260 e. The molecule has 6 heteroatoms. The van der Waals surface area contributed by atoms with Crippen LogP contribution in [0.3, 0.4) is 0 Å². The van der Waals surface area contributed by atoms with Gasteiger partial charge in [-0.15, -0.1) is 0 Å². The molecule has 0 radical (unpaired) electrons. The second-order valence-corrected chi connectivity index (χ2v) is 6.59. The summed E-state index contributed by atoms with van der Waals surface area (Å²) >= 11 is 0. The summed E-state index contributed by atoms with van der Waals surface area (Å²) < 4.78 is 10.8. The number of methoxy groups -OCH3 is 1. The lowest BCUT2D eigenvalue weighted by Crippen LogP contribution is -2.44. The van der Waals surface area contributed by atoms with Crippen LogP contribution in [0, 0.1) is 5.92 Å². The third-order valence-corrected chi connectivity index (χ3v) is 4.72. The maximum absolute atomic E-state index is 12.4. The van der Waals surface area contributed by atoms with E-state index in [1.807, 2.05) is 12.1 Å². The normalized spacial score (nSPS) is 14.8. The molecule has 1 aromatic rings. The van der Waals surface area contributed by atoms with Crippen LogP contribution in [0.25, 0.3) is 0 Å². The topological polar surface area (TPSA) is 67.9 Å². The first-order valence-electron chi connectivity index (χ1n) is 9.47. The highest BCUT2D eigenvalue weighted by Crippen LogP contribution is 2.26. The van der Waals surface area contributed by atoms with Crippen LogP contribution < -0.4 is 14.8 Å². The molecule has 0 bridgehead atoms. The lowest BCUT2D eigenvalue weighted by atomic mass is 9.96. The molecule has 2 amide bonds. The summed E-state index contributed by atoms with van der Waals surface area (Å²) in [5.74, 6) is 1.25. The fourth-order valence-electron chi connectivity index (χ4n) is 3.09. The van der Waals surface area contributed by atoms with Crippen molar-refractivity contribution in [3.05, 3.63) is 24.3 Å². The zero-order valence-corrected chi connectivity index (χ0v) is 15.8. The van der Waals surface area contributed by atoms with Crippen molar-refractivity contribution >= 4 is 11.8 Å². The molecule has 0 aromatic heterocycles. The van der Waals surface area contributed by atoms with E-state index < -0.39 is 0 Å². The molecule has 1 heterocycles. The molecule has 26 heavy (non-hydrogen) atoms. The van der Waals surface area contributed by atoms with Crippen molar-refractivity contribution in [1.29, 1.82) is 0 Å². The summed E-state index contributed by atoms with van der Waals surface area (Å²) in [5, 5.41) is 3.01. The second-order valence-electron chi connectivity index (χ2n) is 6.59. The number of carbonyl (C=O) groups is 2. The van der Waals surface area contributed by atoms with Crippen LogP contribution in [-0.4, -0.2) is 50.1 Å². The standard InChI is InChI=1S/C20H30N2O4/c1-3-4-7-12-21-20(24)16-10-13-22(14-11-16)19(23)15-26-18-9-6-5-8-17(18)25-2/h5-6,8-9,16H,3-4,7,10-15H2,1-2H3,(H,21,24). The molecule has 1 aromatic carbocycles. The summed E-state index contributed by atoms with van der Waals surface area (Å²) in [5.41, 5.74) is 0. The highest BCUT2D eigenvalue weighted by molar-refractivity contribution is 5.80. The first-order valence-corrected chi connectivity index (χ1v) is 9.47. The number of carbonyl (C=O) groups excluding carboxylic acids is 2. The van der Waals surface area contributed by atoms with Crippen molar-refractivity contribution in [3.63, 3.8) is 0 Å². The highest BCUT2D eigenvalue weighted by Gasteiger charge is 2.27. The SMILES string of the molecule is CCCCCNC(=O)C1CCN(C(=O)COc2ccccc2OC)CC1. The van der Waals surface area contributed by atoms with Crippen LogP contribution in [0.4, 0.5) is 0 Å². The van der Waals surface area contributed by atoms with Crippen LogP contribution in [0.15, 0.2) is 24.3 Å². The van der Waals surface area contributed by atoms with Crippen LogP contribution in [0.2, 0.25) is 0 Å². The van der Waals surface area contributed by atoms with Crippen LogP contribution in [0.5, 0.6) is 11.5 Å². The maximum atomic E-state index is 12.4. The molecule has 144 valence electrons. The predicted octanol–water partition coefficient (Wildman–Crippen LogP) is 2.62. The molecular formula is C20H30N2O4. The Labute approximate surface area is 155 Å². The third-order valence-electron chi connectivity index (χ3n) is 4.72. The van der Waals surface area contributed by atoms with Crippen molar-refractivity contribution in [1.82, 2.24) is 10.2 Å². The molecule has 0 saturated carbocycles. The number of hydrogen-bond acceptors (Lipinski definition) is 4. The van der Waals surface area contributed by atoms with Gasteiger partial charge in [0.25, 0.3) is 5.91 Å². The molecule has 1 saturated heterocycles. The number of ether oxygens (including phenoxy) is 2. The Morgan fingerprint density at radius 3 is 2.50 bits per heavy atom. The van der Waals surface area contributed by atoms with E-state index in [0.717, 1.165) is 25.8 Å². The number of rotatable bonds is 9. The number of amides is 2. The highest BCUT2D eigenvalue weighted by atomic mass is 16.5. The number of para-hydroxylation sites is 2. The van der Waals surface area contributed by atoms with Crippen molar-refractivity contribution < 1.29 is 19.1 Å². The Balaban J connectivity index is 1.71. The van der Waals surface area contributed by atoms with Gasteiger partial charge in [-0.25, -0.2) is 0 Å². The van der Waals surface area contributed by atoms with Gasteiger partial charge in [-0.2, -0.15) is 0 Å². The molecule has 1 fully saturated rings. The van der Waals surface area contributed by atoms with E-state index >= 15 is 0 Å². The van der Waals surface area contributed by atoms with Crippen LogP contribution >= 0.6 is 0 Å². The minimum Gasteiger partial charge on any atom is -0.493 e. The Kier molecular flexibility index (Phi) is 8.25. The summed E-state index contributed by atoms with van der Waals surface area (Å²) in [6, 6.07) is 7.27. The Morgan fingerprint density at radius 2 is 1.85 bits per heavy atom. The van der Waals surface area contributed by atoms with Gasteiger partial charge in [-0.05, 0) is 31.4 Å². The minimum absolute atomic E-state index is 0.0100. The first kappa shape index (κ1) is 20.1. The number of piperidine rings is 1. The van der Waals surface area contributed by atoms with Crippen molar-refractivity contribution in [3.8, 4) is 11.5 Å². The van der Waals surface area contributed by atoms with Crippen LogP contribution in [0.1, 0.15) is 39.0 Å². The molecule has 6 nitrogen and oxygen atoms in total. The number of likely N-dealkylation sites (tertiary alicyclic amines) is 1. The zero-order chi connectivity index (χ0) is 18.8. The lowest BCUT2D eigenvalue weighted by molar-refractivity contribution is -0.137. The van der Waals surface area contributed by atoms with E-state index in [2.05, 4.69) is 12.2 Å². The van der Waals surface area contributed by atoms with E-state index in [1.54, 1.807) is 24.1 Å². The van der Waals surface area contributed by atoms with Gasteiger partial charge >= 0.3 is 0 Å². The number of benzene rings is 1. The van der Waals surface area contributed by atoms with Crippen molar-refractivity contribution in [2.45, 2.75) is 39.0 Å². The number of hydrogen-bond donors (Lipinski definition) is 1. The number of nitrogens with zero attached hydrogens (tertiary/aromatic N) is 1. The summed E-state index contributed by atoms with van der Waals surface area (Å²) in [6.45, 7) is 4.07. The molecule has 0 spiro atoms. The summed E-state index contributed by atoms with van der Waals surface area (Å²) in [7, 11) is 1.57. The zero-order valence-electron chi connectivity index (χ0n) is 15.8. The quantitative estimate of drug-likeness (QED) is 0.686. The molecular weight excluding hydrogens is 332 g/mol.